The van der Waals surface area contributed by atoms with Crippen molar-refractivity contribution in [1.82, 2.24) is 0 Å². The lowest BCUT2D eigenvalue weighted by Gasteiger charge is -2.13. The standard InChI is InChI=1S/C16H24Br2O2/c1-2-3-4-5-6-14-7-8-15(19-11-9-17)13-16(14)20-12-10-18/h7-8,13H,2-6,9-12H2,1H3. The topological polar surface area (TPSA) is 18.5 Å². The molecule has 0 aromatic heterocycles. The van der Waals surface area contributed by atoms with Gasteiger partial charge in [0.1, 0.15) is 11.5 Å². The zero-order valence-electron chi connectivity index (χ0n) is 12.2. The van der Waals surface area contributed by atoms with Crippen molar-refractivity contribution in [3.8, 4) is 11.5 Å². The lowest BCUT2D eigenvalue weighted by Crippen LogP contribution is -2.03. The molecule has 0 atom stereocenters. The van der Waals surface area contributed by atoms with E-state index in [-0.39, 0.29) is 0 Å². The fraction of sp³-hybridized carbons (Fsp3) is 0.625. The van der Waals surface area contributed by atoms with Crippen molar-refractivity contribution in [2.75, 3.05) is 23.9 Å². The summed E-state index contributed by atoms with van der Waals surface area (Å²) >= 11 is 6.77. The maximum absolute atomic E-state index is 5.83. The minimum Gasteiger partial charge on any atom is -0.493 e. The molecule has 0 saturated carbocycles. The smallest absolute Gasteiger partial charge is 0.126 e. The Bertz CT molecular complexity index is 369. The average molecular weight is 408 g/mol. The van der Waals surface area contributed by atoms with Crippen LogP contribution in [0.25, 0.3) is 0 Å². The van der Waals surface area contributed by atoms with E-state index < -0.39 is 0 Å². The molecule has 114 valence electrons. The second-order valence-electron chi connectivity index (χ2n) is 4.66. The fourth-order valence-electron chi connectivity index (χ4n) is 2.01. The maximum Gasteiger partial charge on any atom is 0.126 e. The SMILES string of the molecule is CCCCCCc1ccc(OCCBr)cc1OCCBr. The van der Waals surface area contributed by atoms with Crippen LogP contribution in [0.2, 0.25) is 0 Å². The normalized spacial score (nSPS) is 10.6. The Morgan fingerprint density at radius 2 is 1.70 bits per heavy atom. The summed E-state index contributed by atoms with van der Waals surface area (Å²) < 4.78 is 11.5. The molecule has 0 saturated heterocycles. The van der Waals surface area contributed by atoms with E-state index in [0.29, 0.717) is 13.2 Å². The zero-order chi connectivity index (χ0) is 14.6. The van der Waals surface area contributed by atoms with E-state index in [1.54, 1.807) is 0 Å². The fourth-order valence-corrected chi connectivity index (χ4v) is 2.34. The number of halogens is 2. The highest BCUT2D eigenvalue weighted by Crippen LogP contribution is 2.27. The average Bonchev–Trinajstić information content (AvgIpc) is 2.48. The van der Waals surface area contributed by atoms with Crippen LogP contribution in [-0.2, 0) is 6.42 Å². The molecule has 1 aromatic rings. The van der Waals surface area contributed by atoms with E-state index in [2.05, 4.69) is 44.8 Å². The van der Waals surface area contributed by atoms with Crippen LogP contribution in [0.3, 0.4) is 0 Å². The first-order chi connectivity index (χ1) is 9.81. The van der Waals surface area contributed by atoms with Gasteiger partial charge in [0.05, 0.1) is 13.2 Å². The van der Waals surface area contributed by atoms with Crippen molar-refractivity contribution < 1.29 is 9.47 Å². The number of alkyl halides is 2. The number of ether oxygens (including phenoxy) is 2. The second kappa shape index (κ2) is 11.4. The van der Waals surface area contributed by atoms with E-state index in [9.17, 15) is 0 Å². The van der Waals surface area contributed by atoms with Crippen molar-refractivity contribution in [3.05, 3.63) is 23.8 Å². The molecular formula is C16H24Br2O2. The summed E-state index contributed by atoms with van der Waals surface area (Å²) in [6, 6.07) is 6.19. The van der Waals surface area contributed by atoms with Crippen LogP contribution in [0.15, 0.2) is 18.2 Å². The van der Waals surface area contributed by atoms with Gasteiger partial charge < -0.3 is 9.47 Å². The Labute approximate surface area is 139 Å². The molecule has 4 heteroatoms. The van der Waals surface area contributed by atoms with Gasteiger partial charge in [-0.15, -0.1) is 0 Å². The molecular weight excluding hydrogens is 384 g/mol. The van der Waals surface area contributed by atoms with E-state index in [1.165, 1.54) is 31.2 Å². The molecule has 1 rings (SSSR count). The molecule has 2 nitrogen and oxygen atoms in total. The minimum absolute atomic E-state index is 0.674. The summed E-state index contributed by atoms with van der Waals surface area (Å²) in [5, 5.41) is 1.68. The Kier molecular flexibility index (Phi) is 10.2. The molecule has 0 aliphatic carbocycles. The lowest BCUT2D eigenvalue weighted by atomic mass is 10.1. The number of hydrogen-bond acceptors (Lipinski definition) is 2. The molecule has 0 spiro atoms. The van der Waals surface area contributed by atoms with Crippen molar-refractivity contribution in [2.24, 2.45) is 0 Å². The van der Waals surface area contributed by atoms with Gasteiger partial charge in [0.2, 0.25) is 0 Å². The molecule has 20 heavy (non-hydrogen) atoms. The van der Waals surface area contributed by atoms with Gasteiger partial charge in [-0.3, -0.25) is 0 Å². The van der Waals surface area contributed by atoms with Crippen LogP contribution < -0.4 is 9.47 Å². The predicted octanol–water partition coefficient (Wildman–Crippen LogP) is 5.36. The Morgan fingerprint density at radius 3 is 2.40 bits per heavy atom. The van der Waals surface area contributed by atoms with Crippen LogP contribution in [-0.4, -0.2) is 23.9 Å². The van der Waals surface area contributed by atoms with Gasteiger partial charge in [-0.1, -0.05) is 64.1 Å². The number of hydrogen-bond donors (Lipinski definition) is 0. The Balaban J connectivity index is 2.64. The highest BCUT2D eigenvalue weighted by atomic mass is 79.9. The highest BCUT2D eigenvalue weighted by molar-refractivity contribution is 9.09. The van der Waals surface area contributed by atoms with Crippen LogP contribution in [0, 0.1) is 0 Å². The first kappa shape index (κ1) is 17.8. The van der Waals surface area contributed by atoms with Crippen LogP contribution in [0.1, 0.15) is 38.2 Å². The monoisotopic (exact) mass is 406 g/mol. The van der Waals surface area contributed by atoms with Gasteiger partial charge >= 0.3 is 0 Å². The molecule has 0 unspecified atom stereocenters. The molecule has 1 aromatic carbocycles. The predicted molar refractivity (Wildman–Crippen MR) is 92.9 cm³/mol. The van der Waals surface area contributed by atoms with Crippen molar-refractivity contribution in [1.29, 1.82) is 0 Å². The van der Waals surface area contributed by atoms with Crippen LogP contribution in [0.4, 0.5) is 0 Å². The molecule has 0 heterocycles. The summed E-state index contributed by atoms with van der Waals surface area (Å²) in [5.74, 6) is 1.85. The summed E-state index contributed by atoms with van der Waals surface area (Å²) in [6.45, 7) is 3.60. The van der Waals surface area contributed by atoms with E-state index in [0.717, 1.165) is 28.6 Å². The summed E-state index contributed by atoms with van der Waals surface area (Å²) in [5.41, 5.74) is 1.29. The molecule has 0 radical (unpaired) electrons. The van der Waals surface area contributed by atoms with Crippen molar-refractivity contribution in [2.45, 2.75) is 39.0 Å². The van der Waals surface area contributed by atoms with Gasteiger partial charge in [0.25, 0.3) is 0 Å². The Hall–Kier alpha value is -0.220. The lowest BCUT2D eigenvalue weighted by molar-refractivity contribution is 0.325. The van der Waals surface area contributed by atoms with Crippen molar-refractivity contribution in [3.63, 3.8) is 0 Å². The maximum atomic E-state index is 5.83. The van der Waals surface area contributed by atoms with Gasteiger partial charge in [0.15, 0.2) is 0 Å². The molecule has 0 fully saturated rings. The largest absolute Gasteiger partial charge is 0.493 e. The van der Waals surface area contributed by atoms with Crippen molar-refractivity contribution >= 4 is 31.9 Å². The van der Waals surface area contributed by atoms with E-state index in [1.807, 2.05) is 12.1 Å². The summed E-state index contributed by atoms with van der Waals surface area (Å²) in [6.07, 6.45) is 6.17. The van der Waals surface area contributed by atoms with Gasteiger partial charge in [0, 0.05) is 16.7 Å². The number of unbranched alkanes of at least 4 members (excludes halogenated alkanes) is 3. The van der Waals surface area contributed by atoms with Gasteiger partial charge in [-0.05, 0) is 24.5 Å². The second-order valence-corrected chi connectivity index (χ2v) is 6.24. The molecule has 0 bridgehead atoms. The third-order valence-electron chi connectivity index (χ3n) is 3.02. The minimum atomic E-state index is 0.674. The number of benzene rings is 1. The third-order valence-corrected chi connectivity index (χ3v) is 3.67. The van der Waals surface area contributed by atoms with Crippen LogP contribution >= 0.6 is 31.9 Å². The first-order valence-corrected chi connectivity index (χ1v) is 9.56. The molecule has 0 amide bonds. The van der Waals surface area contributed by atoms with E-state index in [4.69, 9.17) is 9.47 Å². The van der Waals surface area contributed by atoms with Gasteiger partial charge in [-0.25, -0.2) is 0 Å². The number of rotatable bonds is 11. The summed E-state index contributed by atoms with van der Waals surface area (Å²) in [4.78, 5) is 0. The first-order valence-electron chi connectivity index (χ1n) is 7.32. The zero-order valence-corrected chi connectivity index (χ0v) is 15.3. The highest BCUT2D eigenvalue weighted by Gasteiger charge is 2.06. The molecule has 0 N–H and O–H groups in total. The van der Waals surface area contributed by atoms with Crippen LogP contribution in [0.5, 0.6) is 11.5 Å². The number of aryl methyl sites for hydroxylation is 1. The quantitative estimate of drug-likeness (QED) is 0.363. The van der Waals surface area contributed by atoms with Gasteiger partial charge in [-0.2, -0.15) is 0 Å². The molecule has 0 aliphatic heterocycles. The third kappa shape index (κ3) is 6.98. The van der Waals surface area contributed by atoms with E-state index >= 15 is 0 Å². The summed E-state index contributed by atoms with van der Waals surface area (Å²) in [7, 11) is 0. The molecule has 0 aliphatic rings. The Morgan fingerprint density at radius 1 is 0.950 bits per heavy atom.